The highest BCUT2D eigenvalue weighted by molar-refractivity contribution is 5.60. The number of nitrogens with one attached hydrogen (secondary N) is 2. The molecular formula is C19H23N5O. The Hall–Kier alpha value is -2.65. The van der Waals surface area contributed by atoms with E-state index < -0.39 is 0 Å². The van der Waals surface area contributed by atoms with E-state index in [0.717, 1.165) is 24.2 Å². The smallest absolute Gasteiger partial charge is 0.225 e. The molecule has 2 aromatic rings. The summed E-state index contributed by atoms with van der Waals surface area (Å²) >= 11 is 0. The van der Waals surface area contributed by atoms with Crippen LogP contribution in [0.4, 0.5) is 17.5 Å². The Kier molecular flexibility index (Phi) is 5.15. The first kappa shape index (κ1) is 17.2. The van der Waals surface area contributed by atoms with Crippen LogP contribution in [0, 0.1) is 17.2 Å². The second kappa shape index (κ2) is 7.49. The maximum Gasteiger partial charge on any atom is 0.225 e. The molecule has 1 heterocycles. The van der Waals surface area contributed by atoms with Gasteiger partial charge in [-0.2, -0.15) is 10.2 Å². The minimum atomic E-state index is -0.0933. The highest BCUT2D eigenvalue weighted by Gasteiger charge is 2.26. The van der Waals surface area contributed by atoms with Gasteiger partial charge in [-0.05, 0) is 37.0 Å². The Balaban J connectivity index is 1.86. The molecule has 6 nitrogen and oxygen atoms in total. The molecule has 1 aromatic carbocycles. The van der Waals surface area contributed by atoms with Crippen LogP contribution in [-0.2, 0) is 0 Å². The van der Waals surface area contributed by atoms with Crippen molar-refractivity contribution in [1.82, 2.24) is 9.97 Å². The molecule has 130 valence electrons. The first-order valence-electron chi connectivity index (χ1n) is 8.62. The minimum Gasteiger partial charge on any atom is -0.394 e. The summed E-state index contributed by atoms with van der Waals surface area (Å²) in [4.78, 5) is 9.15. The summed E-state index contributed by atoms with van der Waals surface area (Å²) in [7, 11) is 0. The van der Waals surface area contributed by atoms with Gasteiger partial charge in [0.1, 0.15) is 5.82 Å². The second-order valence-electron chi connectivity index (χ2n) is 6.77. The van der Waals surface area contributed by atoms with E-state index in [1.54, 1.807) is 12.1 Å². The number of hydrogen-bond acceptors (Lipinski definition) is 6. The number of hydrogen-bond donors (Lipinski definition) is 3. The van der Waals surface area contributed by atoms with Gasteiger partial charge in [-0.25, -0.2) is 4.98 Å². The monoisotopic (exact) mass is 337 g/mol. The Morgan fingerprint density at radius 3 is 2.72 bits per heavy atom. The molecular weight excluding hydrogens is 314 g/mol. The molecule has 0 spiro atoms. The van der Waals surface area contributed by atoms with Crippen LogP contribution < -0.4 is 10.6 Å². The van der Waals surface area contributed by atoms with Crippen molar-refractivity contribution in [1.29, 1.82) is 5.26 Å². The number of aromatic nitrogens is 2. The molecule has 1 fully saturated rings. The molecule has 0 bridgehead atoms. The predicted molar refractivity (Wildman–Crippen MR) is 97.8 cm³/mol. The van der Waals surface area contributed by atoms with Gasteiger partial charge in [0.2, 0.25) is 5.95 Å². The molecule has 0 amide bonds. The third-order valence-corrected chi connectivity index (χ3v) is 4.32. The normalized spacial score (nSPS) is 14.8. The lowest BCUT2D eigenvalue weighted by Gasteiger charge is -2.20. The fourth-order valence-corrected chi connectivity index (χ4v) is 2.59. The molecule has 3 N–H and O–H groups in total. The van der Waals surface area contributed by atoms with Crippen molar-refractivity contribution in [3.63, 3.8) is 0 Å². The summed E-state index contributed by atoms with van der Waals surface area (Å²) in [6.45, 7) is 4.12. The second-order valence-corrected chi connectivity index (χ2v) is 6.77. The van der Waals surface area contributed by atoms with Crippen LogP contribution in [0.5, 0.6) is 0 Å². The van der Waals surface area contributed by atoms with Crippen LogP contribution in [0.2, 0.25) is 0 Å². The first-order valence-corrected chi connectivity index (χ1v) is 8.62. The van der Waals surface area contributed by atoms with Gasteiger partial charge in [-0.3, -0.25) is 0 Å². The lowest BCUT2D eigenvalue weighted by Crippen LogP contribution is -2.30. The number of benzene rings is 1. The molecule has 0 unspecified atom stereocenters. The van der Waals surface area contributed by atoms with Crippen molar-refractivity contribution in [3.05, 3.63) is 41.6 Å². The number of aliphatic hydroxyl groups excluding tert-OH is 1. The zero-order chi connectivity index (χ0) is 17.8. The molecule has 3 rings (SSSR count). The van der Waals surface area contributed by atoms with Crippen molar-refractivity contribution in [2.45, 2.75) is 38.6 Å². The van der Waals surface area contributed by atoms with Crippen LogP contribution in [0.3, 0.4) is 0 Å². The zero-order valence-corrected chi connectivity index (χ0v) is 14.5. The van der Waals surface area contributed by atoms with Crippen LogP contribution in [0.15, 0.2) is 30.3 Å². The van der Waals surface area contributed by atoms with E-state index in [1.165, 1.54) is 0 Å². The lowest BCUT2D eigenvalue weighted by atomic mass is 10.1. The minimum absolute atomic E-state index is 0.0294. The Morgan fingerprint density at radius 2 is 2.08 bits per heavy atom. The SMILES string of the molecule is CC(C)[C@@H](CO)Nc1nc(Nc2cccc(C#N)c2)cc(C2CC2)n1. The van der Waals surface area contributed by atoms with Crippen LogP contribution in [0.25, 0.3) is 0 Å². The summed E-state index contributed by atoms with van der Waals surface area (Å²) in [6, 6.07) is 11.3. The number of aliphatic hydroxyl groups is 1. The van der Waals surface area contributed by atoms with E-state index in [4.69, 9.17) is 5.26 Å². The molecule has 6 heteroatoms. The maximum atomic E-state index is 9.55. The van der Waals surface area contributed by atoms with Gasteiger partial charge >= 0.3 is 0 Å². The molecule has 0 saturated heterocycles. The fourth-order valence-electron chi connectivity index (χ4n) is 2.59. The Morgan fingerprint density at radius 1 is 1.28 bits per heavy atom. The number of anilines is 3. The van der Waals surface area contributed by atoms with E-state index in [2.05, 4.69) is 26.7 Å². The first-order chi connectivity index (χ1) is 12.1. The molecule has 1 saturated carbocycles. The number of nitriles is 1. The maximum absolute atomic E-state index is 9.55. The van der Waals surface area contributed by atoms with Crippen molar-refractivity contribution in [2.24, 2.45) is 5.92 Å². The van der Waals surface area contributed by atoms with Gasteiger partial charge in [0, 0.05) is 17.7 Å². The highest BCUT2D eigenvalue weighted by Crippen LogP contribution is 2.40. The van der Waals surface area contributed by atoms with E-state index in [1.807, 2.05) is 32.0 Å². The molecule has 1 aliphatic carbocycles. The van der Waals surface area contributed by atoms with Crippen molar-refractivity contribution >= 4 is 17.5 Å². The van der Waals surface area contributed by atoms with Gasteiger partial charge in [-0.1, -0.05) is 19.9 Å². The van der Waals surface area contributed by atoms with Gasteiger partial charge in [0.25, 0.3) is 0 Å². The highest BCUT2D eigenvalue weighted by atomic mass is 16.3. The van der Waals surface area contributed by atoms with Gasteiger partial charge in [0.05, 0.1) is 30.0 Å². The van der Waals surface area contributed by atoms with Crippen molar-refractivity contribution in [3.8, 4) is 6.07 Å². The zero-order valence-electron chi connectivity index (χ0n) is 14.5. The van der Waals surface area contributed by atoms with Crippen molar-refractivity contribution in [2.75, 3.05) is 17.2 Å². The Bertz CT molecular complexity index is 780. The van der Waals surface area contributed by atoms with E-state index in [-0.39, 0.29) is 18.6 Å². The topological polar surface area (TPSA) is 93.9 Å². The summed E-state index contributed by atoms with van der Waals surface area (Å²) in [5, 5.41) is 25.1. The number of rotatable bonds is 7. The Labute approximate surface area is 147 Å². The van der Waals surface area contributed by atoms with E-state index in [9.17, 15) is 5.11 Å². The summed E-state index contributed by atoms with van der Waals surface area (Å²) in [5.74, 6) is 1.97. The summed E-state index contributed by atoms with van der Waals surface area (Å²) in [6.07, 6.45) is 2.29. The number of nitrogens with zero attached hydrogens (tertiary/aromatic N) is 3. The third-order valence-electron chi connectivity index (χ3n) is 4.32. The predicted octanol–water partition coefficient (Wildman–Crippen LogP) is 3.40. The van der Waals surface area contributed by atoms with Gasteiger partial charge in [-0.15, -0.1) is 0 Å². The molecule has 1 aliphatic rings. The average Bonchev–Trinajstić information content (AvgIpc) is 3.44. The summed E-state index contributed by atoms with van der Waals surface area (Å²) in [5.41, 5.74) is 2.42. The third kappa shape index (κ3) is 4.46. The fraction of sp³-hybridized carbons (Fsp3) is 0.421. The molecule has 1 atom stereocenters. The average molecular weight is 337 g/mol. The molecule has 25 heavy (non-hydrogen) atoms. The van der Waals surface area contributed by atoms with Crippen LogP contribution in [0.1, 0.15) is 43.9 Å². The lowest BCUT2D eigenvalue weighted by molar-refractivity contribution is 0.248. The quantitative estimate of drug-likeness (QED) is 0.717. The molecule has 1 aromatic heterocycles. The van der Waals surface area contributed by atoms with Crippen molar-refractivity contribution < 1.29 is 5.11 Å². The van der Waals surface area contributed by atoms with Crippen LogP contribution >= 0.6 is 0 Å². The summed E-state index contributed by atoms with van der Waals surface area (Å²) < 4.78 is 0. The standard InChI is InChI=1S/C19H23N5O/c1-12(2)17(11-25)23-19-22-16(14-6-7-14)9-18(24-19)21-15-5-3-4-13(8-15)10-20/h3-5,8-9,12,14,17,25H,6-7,11H2,1-2H3,(H2,21,22,23,24)/t17-/m1/s1. The largest absolute Gasteiger partial charge is 0.394 e. The van der Waals surface area contributed by atoms with E-state index >= 15 is 0 Å². The van der Waals surface area contributed by atoms with Gasteiger partial charge in [0.15, 0.2) is 0 Å². The van der Waals surface area contributed by atoms with E-state index in [0.29, 0.717) is 23.2 Å². The molecule has 0 aliphatic heterocycles. The van der Waals surface area contributed by atoms with Gasteiger partial charge < -0.3 is 15.7 Å². The molecule has 0 radical (unpaired) electrons. The van der Waals surface area contributed by atoms with Crippen LogP contribution in [-0.4, -0.2) is 27.7 Å².